The van der Waals surface area contributed by atoms with Gasteiger partial charge in [-0.25, -0.2) is 9.38 Å². The Morgan fingerprint density at radius 1 is 1.33 bits per heavy atom. The highest BCUT2D eigenvalue weighted by molar-refractivity contribution is 5.85. The molecule has 5 heteroatoms. The number of benzene rings is 1. The van der Waals surface area contributed by atoms with Crippen LogP contribution in [0.1, 0.15) is 5.56 Å². The highest BCUT2D eigenvalue weighted by Crippen LogP contribution is 2.15. The van der Waals surface area contributed by atoms with Crippen molar-refractivity contribution in [3.8, 4) is 6.07 Å². The van der Waals surface area contributed by atoms with Gasteiger partial charge in [0, 0.05) is 5.39 Å². The average Bonchev–Trinajstić information content (AvgIpc) is 2.39. The minimum absolute atomic E-state index is 0.123. The van der Waals surface area contributed by atoms with E-state index in [2.05, 4.69) is 4.98 Å². The van der Waals surface area contributed by atoms with Crippen LogP contribution >= 0.6 is 0 Å². The monoisotopic (exact) mass is 236 g/mol. The third-order valence-electron chi connectivity index (χ3n) is 2.87. The normalized spacial score (nSPS) is 10.6. The Morgan fingerprint density at radius 3 is 2.89 bits per heavy atom. The maximum Gasteiger partial charge on any atom is 0.265 e. The van der Waals surface area contributed by atoms with Crippen LogP contribution in [0.3, 0.4) is 0 Å². The average molecular weight is 236 g/mol. The van der Waals surface area contributed by atoms with E-state index >= 15 is 0 Å². The van der Waals surface area contributed by atoms with Crippen LogP contribution in [-0.2, 0) is 0 Å². The third kappa shape index (κ3) is 1.26. The summed E-state index contributed by atoms with van der Waals surface area (Å²) in [6.07, 6.45) is 1.37. The number of hydrogen-bond donors (Lipinski definition) is 1. The second kappa shape index (κ2) is 3.57. The van der Waals surface area contributed by atoms with Crippen LogP contribution in [0.15, 0.2) is 41.3 Å². The number of aromatic nitrogens is 2. The van der Waals surface area contributed by atoms with Gasteiger partial charge >= 0.3 is 0 Å². The number of hydrogen-bond acceptors (Lipinski definition) is 4. The zero-order valence-corrected chi connectivity index (χ0v) is 9.29. The fourth-order valence-corrected chi connectivity index (χ4v) is 1.98. The number of nitriles is 1. The van der Waals surface area contributed by atoms with E-state index in [1.54, 1.807) is 18.2 Å². The molecule has 0 saturated heterocycles. The quantitative estimate of drug-likeness (QED) is 0.596. The first kappa shape index (κ1) is 10.3. The lowest BCUT2D eigenvalue weighted by atomic mass is 10.1. The van der Waals surface area contributed by atoms with Crippen molar-refractivity contribution in [1.29, 1.82) is 5.26 Å². The molecule has 1 aromatic carbocycles. The summed E-state index contributed by atoms with van der Waals surface area (Å²) in [7, 11) is 0. The fraction of sp³-hybridized carbons (Fsp3) is 0. The number of pyridine rings is 1. The smallest absolute Gasteiger partial charge is 0.265 e. The van der Waals surface area contributed by atoms with Gasteiger partial charge in [0.15, 0.2) is 0 Å². The van der Waals surface area contributed by atoms with E-state index in [4.69, 9.17) is 11.0 Å². The van der Waals surface area contributed by atoms with Gasteiger partial charge in [-0.05, 0) is 17.5 Å². The molecule has 0 aliphatic carbocycles. The molecule has 0 fully saturated rings. The van der Waals surface area contributed by atoms with E-state index in [0.717, 1.165) is 5.39 Å². The number of fused-ring (bicyclic) bond motifs is 2. The van der Waals surface area contributed by atoms with Crippen molar-refractivity contribution in [3.05, 3.63) is 52.4 Å². The second-order valence-corrected chi connectivity index (χ2v) is 3.90. The Labute approximate surface area is 102 Å². The molecule has 5 nitrogen and oxygen atoms in total. The molecule has 0 spiro atoms. The van der Waals surface area contributed by atoms with Gasteiger partial charge < -0.3 is 5.73 Å². The molecule has 2 N–H and O–H groups in total. The zero-order valence-electron chi connectivity index (χ0n) is 9.29. The first-order chi connectivity index (χ1) is 8.72. The maximum atomic E-state index is 12.3. The molecule has 0 unspecified atom stereocenters. The van der Waals surface area contributed by atoms with Crippen molar-refractivity contribution < 1.29 is 0 Å². The molecule has 0 aliphatic heterocycles. The number of nitrogens with two attached hydrogens (primary N) is 1. The lowest BCUT2D eigenvalue weighted by Gasteiger charge is -2.06. The summed E-state index contributed by atoms with van der Waals surface area (Å²) in [4.78, 5) is 16.4. The van der Waals surface area contributed by atoms with Crippen molar-refractivity contribution in [2.45, 2.75) is 0 Å². The van der Waals surface area contributed by atoms with Crippen LogP contribution in [0.25, 0.3) is 16.4 Å². The molecule has 2 aromatic heterocycles. The summed E-state index contributed by atoms with van der Waals surface area (Å²) < 4.78 is 1.26. The SMILES string of the molecule is N#Cc1cnc2cc3ccccc3c(=O)n2c1N. The van der Waals surface area contributed by atoms with Gasteiger partial charge in [-0.3, -0.25) is 4.79 Å². The number of nitrogens with zero attached hydrogens (tertiary/aromatic N) is 3. The van der Waals surface area contributed by atoms with Crippen LogP contribution in [0.5, 0.6) is 0 Å². The Bertz CT molecular complexity index is 874. The van der Waals surface area contributed by atoms with Crippen LogP contribution in [0.4, 0.5) is 5.82 Å². The molecular weight excluding hydrogens is 228 g/mol. The van der Waals surface area contributed by atoms with E-state index in [1.165, 1.54) is 10.6 Å². The third-order valence-corrected chi connectivity index (χ3v) is 2.87. The molecule has 0 saturated carbocycles. The van der Waals surface area contributed by atoms with Crippen molar-refractivity contribution in [2.75, 3.05) is 5.73 Å². The van der Waals surface area contributed by atoms with E-state index in [9.17, 15) is 4.79 Å². The Morgan fingerprint density at radius 2 is 2.11 bits per heavy atom. The first-order valence-electron chi connectivity index (χ1n) is 5.31. The van der Waals surface area contributed by atoms with Crippen molar-refractivity contribution in [3.63, 3.8) is 0 Å². The minimum Gasteiger partial charge on any atom is -0.384 e. The maximum absolute atomic E-state index is 12.3. The molecule has 3 aromatic rings. The molecule has 0 aliphatic rings. The number of nitrogen functional groups attached to an aromatic ring is 1. The zero-order chi connectivity index (χ0) is 12.7. The molecule has 0 bridgehead atoms. The lowest BCUT2D eigenvalue weighted by molar-refractivity contribution is 1.07. The Kier molecular flexibility index (Phi) is 2.04. The first-order valence-corrected chi connectivity index (χ1v) is 5.31. The molecule has 0 radical (unpaired) electrons. The van der Waals surface area contributed by atoms with Crippen molar-refractivity contribution in [1.82, 2.24) is 9.38 Å². The van der Waals surface area contributed by atoms with Gasteiger partial charge in [-0.2, -0.15) is 5.26 Å². The Balaban J connectivity index is 2.63. The van der Waals surface area contributed by atoms with E-state index in [-0.39, 0.29) is 16.9 Å². The van der Waals surface area contributed by atoms with Gasteiger partial charge in [0.05, 0.1) is 6.20 Å². The summed E-state index contributed by atoms with van der Waals surface area (Å²) in [6, 6.07) is 10.9. The molecule has 0 amide bonds. The molecule has 0 atom stereocenters. The highest BCUT2D eigenvalue weighted by atomic mass is 16.1. The summed E-state index contributed by atoms with van der Waals surface area (Å²) >= 11 is 0. The van der Waals surface area contributed by atoms with Crippen molar-refractivity contribution >= 4 is 22.2 Å². The second-order valence-electron chi connectivity index (χ2n) is 3.90. The van der Waals surface area contributed by atoms with Gasteiger partial charge in [0.25, 0.3) is 5.56 Å². The topological polar surface area (TPSA) is 84.2 Å². The summed E-state index contributed by atoms with van der Waals surface area (Å²) in [5, 5.41) is 10.3. The van der Waals surface area contributed by atoms with Gasteiger partial charge in [-0.15, -0.1) is 0 Å². The fourth-order valence-electron chi connectivity index (χ4n) is 1.98. The number of anilines is 1. The molecule has 86 valence electrons. The van der Waals surface area contributed by atoms with Crippen LogP contribution in [0, 0.1) is 11.3 Å². The molecule has 18 heavy (non-hydrogen) atoms. The van der Waals surface area contributed by atoms with E-state index in [0.29, 0.717) is 11.0 Å². The van der Waals surface area contributed by atoms with Crippen molar-refractivity contribution in [2.24, 2.45) is 0 Å². The minimum atomic E-state index is -0.259. The molecule has 2 heterocycles. The standard InChI is InChI=1S/C13H8N4O/c14-6-9-7-16-11-5-8-3-1-2-4-10(8)13(18)17(11)12(9)15/h1-5,7H,15H2. The number of rotatable bonds is 0. The molecule has 3 rings (SSSR count). The highest BCUT2D eigenvalue weighted by Gasteiger charge is 2.09. The predicted octanol–water partition coefficient (Wildman–Crippen LogP) is 1.30. The summed E-state index contributed by atoms with van der Waals surface area (Å²) in [6.45, 7) is 0. The van der Waals surface area contributed by atoms with Crippen LogP contribution < -0.4 is 11.3 Å². The van der Waals surface area contributed by atoms with Gasteiger partial charge in [-0.1, -0.05) is 18.2 Å². The van der Waals surface area contributed by atoms with E-state index in [1.807, 2.05) is 18.2 Å². The largest absolute Gasteiger partial charge is 0.384 e. The van der Waals surface area contributed by atoms with Gasteiger partial charge in [0.2, 0.25) is 0 Å². The van der Waals surface area contributed by atoms with E-state index < -0.39 is 0 Å². The summed E-state index contributed by atoms with van der Waals surface area (Å²) in [5.41, 5.74) is 6.20. The Hall–Kier alpha value is -2.87. The lowest BCUT2D eigenvalue weighted by Crippen LogP contribution is -2.18. The van der Waals surface area contributed by atoms with Crippen LogP contribution in [-0.4, -0.2) is 9.38 Å². The summed E-state index contributed by atoms with van der Waals surface area (Å²) in [5.74, 6) is 0.123. The van der Waals surface area contributed by atoms with Crippen LogP contribution in [0.2, 0.25) is 0 Å². The van der Waals surface area contributed by atoms with Gasteiger partial charge in [0.1, 0.15) is 23.1 Å². The molecular formula is C13H8N4O. The predicted molar refractivity (Wildman–Crippen MR) is 68.1 cm³/mol.